The number of nitrogens with zero attached hydrogens (tertiary/aromatic N) is 1. The van der Waals surface area contributed by atoms with E-state index < -0.39 is 5.60 Å². The second-order valence-corrected chi connectivity index (χ2v) is 7.54. The van der Waals surface area contributed by atoms with Gasteiger partial charge < -0.3 is 20.3 Å². The summed E-state index contributed by atoms with van der Waals surface area (Å²) in [7, 11) is 0. The van der Waals surface area contributed by atoms with Crippen molar-refractivity contribution in [2.24, 2.45) is 0 Å². The highest BCUT2D eigenvalue weighted by Crippen LogP contribution is 2.15. The van der Waals surface area contributed by atoms with E-state index in [4.69, 9.17) is 4.74 Å². The van der Waals surface area contributed by atoms with Crippen LogP contribution < -0.4 is 10.6 Å². The number of nitrogens with one attached hydrogen (secondary N) is 2. The Morgan fingerprint density at radius 2 is 1.85 bits per heavy atom. The summed E-state index contributed by atoms with van der Waals surface area (Å²) in [5, 5.41) is 6.93. The van der Waals surface area contributed by atoms with Crippen LogP contribution in [0.1, 0.15) is 48.0 Å². The minimum Gasteiger partial charge on any atom is -0.444 e. The van der Waals surface area contributed by atoms with Gasteiger partial charge in [0.1, 0.15) is 5.60 Å². The lowest BCUT2D eigenvalue weighted by atomic mass is 10.1. The number of hydrogen-bond acceptors (Lipinski definition) is 4. The maximum atomic E-state index is 11.9. The van der Waals surface area contributed by atoms with E-state index in [1.807, 2.05) is 20.8 Å². The number of rotatable bonds is 4. The predicted octanol–water partition coefficient (Wildman–Crippen LogP) is 1.97. The summed E-state index contributed by atoms with van der Waals surface area (Å²) in [5.41, 5.74) is -0.265. The van der Waals surface area contributed by atoms with Crippen molar-refractivity contribution in [1.82, 2.24) is 15.5 Å². The fourth-order valence-corrected chi connectivity index (χ4v) is 2.13. The first kappa shape index (κ1) is 17.2. The molecule has 1 saturated heterocycles. The second-order valence-electron chi connectivity index (χ2n) is 7.54. The van der Waals surface area contributed by atoms with Gasteiger partial charge in [0.15, 0.2) is 0 Å². The van der Waals surface area contributed by atoms with Gasteiger partial charge in [-0.15, -0.1) is 0 Å². The van der Waals surface area contributed by atoms with Gasteiger partial charge in [-0.2, -0.15) is 0 Å². The highest BCUT2D eigenvalue weighted by molar-refractivity contribution is 5.68. The molecule has 1 heterocycles. The van der Waals surface area contributed by atoms with Gasteiger partial charge in [0.05, 0.1) is 0 Å². The van der Waals surface area contributed by atoms with Crippen molar-refractivity contribution in [3.63, 3.8) is 0 Å². The molecule has 0 radical (unpaired) electrons. The van der Waals surface area contributed by atoms with E-state index in [-0.39, 0.29) is 11.6 Å². The summed E-state index contributed by atoms with van der Waals surface area (Å²) >= 11 is 0. The summed E-state index contributed by atoms with van der Waals surface area (Å²) in [4.78, 5) is 13.7. The fraction of sp³-hybridized carbons (Fsp3) is 0.933. The molecular weight excluding hydrogens is 254 g/mol. The number of likely N-dealkylation sites (tertiary alicyclic amines) is 1. The molecule has 1 unspecified atom stereocenters. The zero-order chi connectivity index (χ0) is 15.4. The van der Waals surface area contributed by atoms with Gasteiger partial charge in [-0.1, -0.05) is 0 Å². The predicted molar refractivity (Wildman–Crippen MR) is 82.0 cm³/mol. The molecule has 5 nitrogen and oxygen atoms in total. The molecular formula is C15H31N3O2. The zero-order valence-corrected chi connectivity index (χ0v) is 13.9. The molecule has 0 spiro atoms. The molecule has 1 amide bonds. The average molecular weight is 285 g/mol. The lowest BCUT2D eigenvalue weighted by Gasteiger charge is -2.24. The molecule has 0 bridgehead atoms. The van der Waals surface area contributed by atoms with Crippen molar-refractivity contribution < 1.29 is 9.53 Å². The van der Waals surface area contributed by atoms with Gasteiger partial charge in [-0.05, 0) is 48.0 Å². The lowest BCUT2D eigenvalue weighted by molar-refractivity contribution is 0.0291. The topological polar surface area (TPSA) is 53.6 Å². The molecule has 5 heteroatoms. The van der Waals surface area contributed by atoms with Crippen LogP contribution in [0.15, 0.2) is 0 Å². The van der Waals surface area contributed by atoms with Crippen molar-refractivity contribution in [1.29, 1.82) is 0 Å². The van der Waals surface area contributed by atoms with Crippen molar-refractivity contribution in [3.05, 3.63) is 0 Å². The number of amides is 1. The van der Waals surface area contributed by atoms with Crippen LogP contribution >= 0.6 is 0 Å². The molecule has 2 N–H and O–H groups in total. The van der Waals surface area contributed by atoms with Gasteiger partial charge >= 0.3 is 6.09 Å². The quantitative estimate of drug-likeness (QED) is 0.776. The van der Waals surface area contributed by atoms with Crippen molar-refractivity contribution in [3.8, 4) is 0 Å². The number of carbonyl (C=O) groups excluding carboxylic acids is 1. The van der Waals surface area contributed by atoms with E-state index >= 15 is 0 Å². The minimum atomic E-state index is -0.417. The normalized spacial score (nSPS) is 20.3. The van der Waals surface area contributed by atoms with E-state index in [9.17, 15) is 4.79 Å². The molecule has 0 aromatic carbocycles. The molecule has 1 aliphatic rings. The van der Waals surface area contributed by atoms with E-state index in [2.05, 4.69) is 31.4 Å². The first-order chi connectivity index (χ1) is 9.07. The molecule has 1 aliphatic heterocycles. The largest absolute Gasteiger partial charge is 0.444 e. The minimum absolute atomic E-state index is 0.153. The van der Waals surface area contributed by atoms with Crippen molar-refractivity contribution in [2.45, 2.75) is 65.1 Å². The van der Waals surface area contributed by atoms with Gasteiger partial charge in [-0.3, -0.25) is 0 Å². The first-order valence-electron chi connectivity index (χ1n) is 7.53. The summed E-state index contributed by atoms with van der Waals surface area (Å²) in [6, 6.07) is 0.379. The molecule has 20 heavy (non-hydrogen) atoms. The van der Waals surface area contributed by atoms with Crippen LogP contribution in [0.5, 0.6) is 0 Å². The highest BCUT2D eigenvalue weighted by atomic mass is 16.6. The van der Waals surface area contributed by atoms with E-state index in [0.29, 0.717) is 6.04 Å². The maximum absolute atomic E-state index is 11.9. The Morgan fingerprint density at radius 3 is 2.40 bits per heavy atom. The Kier molecular flexibility index (Phi) is 5.83. The van der Waals surface area contributed by atoms with E-state index in [1.54, 1.807) is 4.90 Å². The van der Waals surface area contributed by atoms with E-state index in [1.165, 1.54) is 0 Å². The molecule has 1 rings (SSSR count). The molecule has 0 aromatic heterocycles. The highest BCUT2D eigenvalue weighted by Gasteiger charge is 2.29. The van der Waals surface area contributed by atoms with E-state index in [0.717, 1.165) is 32.6 Å². The van der Waals surface area contributed by atoms with Crippen molar-refractivity contribution >= 4 is 6.09 Å². The zero-order valence-electron chi connectivity index (χ0n) is 13.9. The molecule has 1 atom stereocenters. The molecule has 0 saturated carbocycles. The Hall–Kier alpha value is -0.810. The summed E-state index contributed by atoms with van der Waals surface area (Å²) in [5.74, 6) is 0. The summed E-state index contributed by atoms with van der Waals surface area (Å²) in [6.45, 7) is 15.5. The Morgan fingerprint density at radius 1 is 1.20 bits per heavy atom. The van der Waals surface area contributed by atoms with Gasteiger partial charge in [0.25, 0.3) is 0 Å². The van der Waals surface area contributed by atoms with Gasteiger partial charge in [0.2, 0.25) is 0 Å². The SMILES string of the molecule is CC(C)(C)NCCNC1CCN(C(=O)OC(C)(C)C)C1. The molecule has 118 valence electrons. The lowest BCUT2D eigenvalue weighted by Crippen LogP contribution is -2.43. The monoisotopic (exact) mass is 285 g/mol. The fourth-order valence-electron chi connectivity index (χ4n) is 2.13. The third-order valence-corrected chi connectivity index (χ3v) is 3.05. The smallest absolute Gasteiger partial charge is 0.410 e. The maximum Gasteiger partial charge on any atom is 0.410 e. The van der Waals surface area contributed by atoms with Crippen LogP contribution in [-0.2, 0) is 4.74 Å². The van der Waals surface area contributed by atoms with Crippen LogP contribution in [0.25, 0.3) is 0 Å². The first-order valence-corrected chi connectivity index (χ1v) is 7.53. The molecule has 1 fully saturated rings. The summed E-state index contributed by atoms with van der Waals surface area (Å²) in [6.07, 6.45) is 0.795. The standard InChI is InChI=1S/C15H31N3O2/c1-14(2,3)17-9-8-16-12-7-10-18(11-12)13(19)20-15(4,5)6/h12,16-17H,7-11H2,1-6H3. The Bertz CT molecular complexity index is 318. The average Bonchev–Trinajstić information content (AvgIpc) is 2.69. The van der Waals surface area contributed by atoms with Crippen LogP contribution in [0.3, 0.4) is 0 Å². The van der Waals surface area contributed by atoms with Gasteiger partial charge in [0, 0.05) is 37.8 Å². The van der Waals surface area contributed by atoms with Crippen LogP contribution in [0, 0.1) is 0 Å². The van der Waals surface area contributed by atoms with Crippen LogP contribution in [0.2, 0.25) is 0 Å². The van der Waals surface area contributed by atoms with Crippen LogP contribution in [0.4, 0.5) is 4.79 Å². The molecule has 0 aromatic rings. The van der Waals surface area contributed by atoms with Gasteiger partial charge in [-0.25, -0.2) is 4.79 Å². The number of carbonyl (C=O) groups is 1. The van der Waals surface area contributed by atoms with Crippen LogP contribution in [-0.4, -0.2) is 54.4 Å². The number of hydrogen-bond donors (Lipinski definition) is 2. The van der Waals surface area contributed by atoms with Crippen molar-refractivity contribution in [2.75, 3.05) is 26.2 Å². The summed E-state index contributed by atoms with van der Waals surface area (Å²) < 4.78 is 5.39. The number of ether oxygens (including phenoxy) is 1. The second kappa shape index (κ2) is 6.76. The Labute approximate surface area is 123 Å². The third kappa shape index (κ3) is 7.10. The molecule has 0 aliphatic carbocycles. The Balaban J connectivity index is 2.22. The third-order valence-electron chi connectivity index (χ3n) is 3.05.